The van der Waals surface area contributed by atoms with Crippen LogP contribution in [0.15, 0.2) is 0 Å². The van der Waals surface area contributed by atoms with Crippen LogP contribution in [-0.2, 0) is 0 Å². The molecule has 5 nitrogen and oxygen atoms in total. The van der Waals surface area contributed by atoms with Crippen LogP contribution in [0.5, 0.6) is 0 Å². The third-order valence-corrected chi connectivity index (χ3v) is 12.1. The predicted octanol–water partition coefficient (Wildman–Crippen LogP) is 12.1. The summed E-state index contributed by atoms with van der Waals surface area (Å²) in [7, 11) is 0. The van der Waals surface area contributed by atoms with Gasteiger partial charge in [-0.25, -0.2) is 0 Å². The van der Waals surface area contributed by atoms with E-state index in [1.807, 2.05) is 0 Å². The molecule has 1 heterocycles. The van der Waals surface area contributed by atoms with Crippen molar-refractivity contribution in [2.75, 3.05) is 98.2 Å². The van der Waals surface area contributed by atoms with Gasteiger partial charge in [0.2, 0.25) is 0 Å². The summed E-state index contributed by atoms with van der Waals surface area (Å²) in [5.41, 5.74) is 0. The molecule has 0 N–H and O–H groups in total. The van der Waals surface area contributed by atoms with E-state index >= 15 is 0 Å². The number of rotatable bonds is 41. The van der Waals surface area contributed by atoms with E-state index in [4.69, 9.17) is 0 Å². The van der Waals surface area contributed by atoms with Gasteiger partial charge in [0.1, 0.15) is 0 Å². The number of unbranched alkanes of at least 4 members (excludes halogenated alkanes) is 22. The Labute approximate surface area is 329 Å². The fraction of sp³-hybridized carbons (Fsp3) is 1.00. The quantitative estimate of drug-likeness (QED) is 0.0580. The topological polar surface area (TPSA) is 16.2 Å². The molecular weight excluding hydrogens is 635 g/mol. The lowest BCUT2D eigenvalue weighted by atomic mass is 10.1. The summed E-state index contributed by atoms with van der Waals surface area (Å²) in [4.78, 5) is 14.1. The number of hydrogen-bond donors (Lipinski definition) is 0. The largest absolute Gasteiger partial charge is 0.302 e. The van der Waals surface area contributed by atoms with Crippen molar-refractivity contribution in [1.29, 1.82) is 0 Å². The molecule has 0 saturated carbocycles. The van der Waals surface area contributed by atoms with Gasteiger partial charge in [0, 0.05) is 65.4 Å². The minimum absolute atomic E-state index is 1.26. The molecule has 1 aliphatic heterocycles. The van der Waals surface area contributed by atoms with Gasteiger partial charge in [0.15, 0.2) is 0 Å². The molecule has 0 aliphatic carbocycles. The summed E-state index contributed by atoms with van der Waals surface area (Å²) in [6.07, 6.45) is 38.0. The van der Waals surface area contributed by atoms with Crippen LogP contribution in [0.3, 0.4) is 0 Å². The number of nitrogens with zero attached hydrogens (tertiary/aromatic N) is 5. The first-order valence-corrected chi connectivity index (χ1v) is 24.3. The highest BCUT2D eigenvalue weighted by Gasteiger charge is 2.19. The number of piperazine rings is 1. The van der Waals surface area contributed by atoms with Crippen LogP contribution < -0.4 is 0 Å². The molecule has 0 spiro atoms. The fourth-order valence-electron chi connectivity index (χ4n) is 8.14. The maximum absolute atomic E-state index is 2.86. The van der Waals surface area contributed by atoms with Crippen LogP contribution in [0.25, 0.3) is 0 Å². The summed E-state index contributed by atoms with van der Waals surface area (Å²) < 4.78 is 0. The molecule has 5 heteroatoms. The molecule has 1 fully saturated rings. The molecule has 1 saturated heterocycles. The average molecular weight is 734 g/mol. The normalized spacial score (nSPS) is 14.5. The van der Waals surface area contributed by atoms with Crippen molar-refractivity contribution in [1.82, 2.24) is 24.5 Å². The molecule has 52 heavy (non-hydrogen) atoms. The van der Waals surface area contributed by atoms with Crippen LogP contribution in [0, 0.1) is 0 Å². The Balaban J connectivity index is 2.54. The third-order valence-electron chi connectivity index (χ3n) is 12.1. The summed E-state index contributed by atoms with van der Waals surface area (Å²) in [6, 6.07) is 0. The molecule has 0 atom stereocenters. The van der Waals surface area contributed by atoms with Crippen molar-refractivity contribution in [3.05, 3.63) is 0 Å². The van der Waals surface area contributed by atoms with Gasteiger partial charge in [-0.15, -0.1) is 0 Å². The van der Waals surface area contributed by atoms with Gasteiger partial charge in [-0.3, -0.25) is 9.80 Å². The van der Waals surface area contributed by atoms with Crippen LogP contribution in [-0.4, -0.2) is 123 Å². The Morgan fingerprint density at radius 2 is 0.462 bits per heavy atom. The monoisotopic (exact) mass is 734 g/mol. The summed E-state index contributed by atoms with van der Waals surface area (Å²) in [5.74, 6) is 0. The molecule has 1 aliphatic rings. The van der Waals surface area contributed by atoms with Gasteiger partial charge in [-0.1, -0.05) is 176 Å². The zero-order valence-electron chi connectivity index (χ0n) is 36.9. The molecule has 0 aromatic rings. The molecule has 312 valence electrons. The van der Waals surface area contributed by atoms with E-state index in [2.05, 4.69) is 59.1 Å². The summed E-state index contributed by atoms with van der Waals surface area (Å²) >= 11 is 0. The molecule has 0 aromatic heterocycles. The first kappa shape index (κ1) is 49.8. The lowest BCUT2D eigenvalue weighted by Gasteiger charge is -2.37. The van der Waals surface area contributed by atoms with Gasteiger partial charge in [-0.2, -0.15) is 0 Å². The Hall–Kier alpha value is -0.200. The minimum atomic E-state index is 1.26. The van der Waals surface area contributed by atoms with Crippen molar-refractivity contribution in [3.8, 4) is 0 Å². The van der Waals surface area contributed by atoms with Crippen molar-refractivity contribution >= 4 is 0 Å². The lowest BCUT2D eigenvalue weighted by molar-refractivity contribution is 0.104. The lowest BCUT2D eigenvalue weighted by Crippen LogP contribution is -2.50. The van der Waals surface area contributed by atoms with Crippen LogP contribution in [0.4, 0.5) is 0 Å². The minimum Gasteiger partial charge on any atom is -0.302 e. The highest BCUT2D eigenvalue weighted by Crippen LogP contribution is 2.12. The van der Waals surface area contributed by atoms with E-state index in [1.165, 1.54) is 272 Å². The molecule has 0 aromatic carbocycles. The maximum Gasteiger partial charge on any atom is 0.0110 e. The molecule has 1 rings (SSSR count). The van der Waals surface area contributed by atoms with Crippen LogP contribution in [0.1, 0.15) is 208 Å². The predicted molar refractivity (Wildman–Crippen MR) is 235 cm³/mol. The van der Waals surface area contributed by atoms with E-state index in [-0.39, 0.29) is 0 Å². The highest BCUT2D eigenvalue weighted by atomic mass is 15.3. The first-order chi connectivity index (χ1) is 25.7. The zero-order valence-corrected chi connectivity index (χ0v) is 36.9. The standard InChI is InChI=1S/C47H99N5/c1-6-11-16-20-23-26-31-36-49(35-30-25-22-18-13-8-3)39-42-51-44-46-52(47-45-51)43-41-50(37-32-27-24-21-17-12-7-2)40-38-48(33-28-15-10-5)34-29-19-14-9-4/h6-47H2,1-5H3. The third kappa shape index (κ3) is 31.1. The van der Waals surface area contributed by atoms with Gasteiger partial charge < -0.3 is 14.7 Å². The Morgan fingerprint density at radius 3 is 0.788 bits per heavy atom. The van der Waals surface area contributed by atoms with E-state index in [0.29, 0.717) is 0 Å². The smallest absolute Gasteiger partial charge is 0.0110 e. The van der Waals surface area contributed by atoms with E-state index in [0.717, 1.165) is 0 Å². The first-order valence-electron chi connectivity index (χ1n) is 24.3. The maximum atomic E-state index is 2.86. The molecular formula is C47H99N5. The van der Waals surface area contributed by atoms with Gasteiger partial charge >= 0.3 is 0 Å². The van der Waals surface area contributed by atoms with Gasteiger partial charge in [0.05, 0.1) is 0 Å². The van der Waals surface area contributed by atoms with Crippen LogP contribution >= 0.6 is 0 Å². The summed E-state index contributed by atoms with van der Waals surface area (Å²) in [6.45, 7) is 30.9. The van der Waals surface area contributed by atoms with Crippen molar-refractivity contribution < 1.29 is 0 Å². The van der Waals surface area contributed by atoms with Gasteiger partial charge in [0.25, 0.3) is 0 Å². The second-order valence-corrected chi connectivity index (χ2v) is 17.0. The molecule has 0 unspecified atom stereocenters. The Morgan fingerprint density at radius 1 is 0.250 bits per heavy atom. The Kier molecular flexibility index (Phi) is 37.4. The average Bonchev–Trinajstić information content (AvgIpc) is 3.16. The zero-order chi connectivity index (χ0) is 37.6. The molecule has 0 radical (unpaired) electrons. The SMILES string of the molecule is CCCCCCCCCN(CCCCCCCC)CCN1CCN(CCN(CCCCCCCCC)CCN(CCCCC)CCCCCC)CC1. The fourth-order valence-corrected chi connectivity index (χ4v) is 8.14. The van der Waals surface area contributed by atoms with Gasteiger partial charge in [-0.05, 0) is 64.8 Å². The number of hydrogen-bond acceptors (Lipinski definition) is 5. The van der Waals surface area contributed by atoms with E-state index < -0.39 is 0 Å². The summed E-state index contributed by atoms with van der Waals surface area (Å²) in [5, 5.41) is 0. The Bertz CT molecular complexity index is 681. The van der Waals surface area contributed by atoms with Crippen molar-refractivity contribution in [2.45, 2.75) is 208 Å². The van der Waals surface area contributed by atoms with Crippen molar-refractivity contribution in [2.24, 2.45) is 0 Å². The highest BCUT2D eigenvalue weighted by molar-refractivity contribution is 4.75. The molecule has 0 amide bonds. The van der Waals surface area contributed by atoms with E-state index in [1.54, 1.807) is 0 Å². The van der Waals surface area contributed by atoms with Crippen molar-refractivity contribution in [3.63, 3.8) is 0 Å². The van der Waals surface area contributed by atoms with E-state index in [9.17, 15) is 0 Å². The second-order valence-electron chi connectivity index (χ2n) is 17.0. The molecule has 0 bridgehead atoms. The van der Waals surface area contributed by atoms with Crippen LogP contribution in [0.2, 0.25) is 0 Å². The second kappa shape index (κ2) is 39.1.